The second-order valence-corrected chi connectivity index (χ2v) is 8.40. The van der Waals surface area contributed by atoms with Crippen LogP contribution < -0.4 is 14.2 Å². The van der Waals surface area contributed by atoms with Gasteiger partial charge in [-0.05, 0) is 41.8 Å². The van der Waals surface area contributed by atoms with Crippen molar-refractivity contribution in [1.29, 1.82) is 0 Å². The number of hydrogen-bond donors (Lipinski definition) is 1. The molecule has 3 aromatic rings. The Morgan fingerprint density at radius 2 is 1.67 bits per heavy atom. The minimum absolute atomic E-state index is 0.00999. The van der Waals surface area contributed by atoms with Crippen molar-refractivity contribution in [3.05, 3.63) is 95.1 Å². The van der Waals surface area contributed by atoms with Crippen molar-refractivity contribution in [3.8, 4) is 17.2 Å². The summed E-state index contributed by atoms with van der Waals surface area (Å²) < 4.78 is 16.5. The van der Waals surface area contributed by atoms with Gasteiger partial charge in [-0.25, -0.2) is 0 Å². The van der Waals surface area contributed by atoms with Crippen LogP contribution in [0, 0.1) is 0 Å². The predicted molar refractivity (Wildman–Crippen MR) is 136 cm³/mol. The summed E-state index contributed by atoms with van der Waals surface area (Å²) in [5.41, 5.74) is 1.88. The van der Waals surface area contributed by atoms with Crippen LogP contribution in [0.15, 0.2) is 78.4 Å². The van der Waals surface area contributed by atoms with Gasteiger partial charge >= 0.3 is 0 Å². The fourth-order valence-corrected chi connectivity index (χ4v) is 4.30. The molecule has 0 spiro atoms. The first kappa shape index (κ1) is 24.9. The normalized spacial score (nSPS) is 16.8. The third-order valence-electron chi connectivity index (χ3n) is 6.04. The van der Waals surface area contributed by atoms with E-state index in [0.717, 1.165) is 12.0 Å². The monoisotopic (exact) mass is 487 g/mol. The maximum absolute atomic E-state index is 13.3. The molecule has 0 aromatic heterocycles. The number of ether oxygens (including phenoxy) is 3. The largest absolute Gasteiger partial charge is 0.507 e. The van der Waals surface area contributed by atoms with E-state index in [1.54, 1.807) is 42.5 Å². The van der Waals surface area contributed by atoms with E-state index in [1.807, 2.05) is 37.3 Å². The molecule has 0 aliphatic carbocycles. The Morgan fingerprint density at radius 1 is 0.917 bits per heavy atom. The number of likely N-dealkylation sites (tertiary alicyclic amines) is 1. The minimum Gasteiger partial charge on any atom is -0.507 e. The Bertz CT molecular complexity index is 1280. The van der Waals surface area contributed by atoms with Crippen molar-refractivity contribution in [2.45, 2.75) is 25.9 Å². The number of ketones is 1. The van der Waals surface area contributed by atoms with Gasteiger partial charge in [-0.1, -0.05) is 55.5 Å². The summed E-state index contributed by atoms with van der Waals surface area (Å²) in [5, 5.41) is 11.4. The van der Waals surface area contributed by atoms with Gasteiger partial charge in [-0.3, -0.25) is 9.59 Å². The molecule has 4 rings (SSSR count). The van der Waals surface area contributed by atoms with E-state index in [4.69, 9.17) is 14.2 Å². The molecule has 1 aliphatic rings. The van der Waals surface area contributed by atoms with E-state index in [9.17, 15) is 14.7 Å². The predicted octanol–water partition coefficient (Wildman–Crippen LogP) is 5.11. The summed E-state index contributed by atoms with van der Waals surface area (Å²) in [4.78, 5) is 28.1. The van der Waals surface area contributed by atoms with Crippen LogP contribution in [0.1, 0.15) is 36.1 Å². The SMILES string of the molecule is CCCOc1cccc(C(O)=C2C(=O)C(=O)N(Cc3ccccc3)C2c2ccc(OC)c(OC)c2)c1. The van der Waals surface area contributed by atoms with Crippen molar-refractivity contribution < 1.29 is 28.9 Å². The average Bonchev–Trinajstić information content (AvgIpc) is 3.16. The molecular weight excluding hydrogens is 458 g/mol. The number of carbonyl (C=O) groups excluding carboxylic acids is 2. The van der Waals surface area contributed by atoms with Gasteiger partial charge in [0.15, 0.2) is 11.5 Å². The van der Waals surface area contributed by atoms with Crippen LogP contribution >= 0.6 is 0 Å². The van der Waals surface area contributed by atoms with Gasteiger partial charge in [0.1, 0.15) is 11.5 Å². The highest BCUT2D eigenvalue weighted by Crippen LogP contribution is 2.42. The quantitative estimate of drug-likeness (QED) is 0.256. The van der Waals surface area contributed by atoms with Crippen LogP contribution in [-0.2, 0) is 16.1 Å². The molecule has 0 bridgehead atoms. The molecule has 36 heavy (non-hydrogen) atoms. The van der Waals surface area contributed by atoms with Crippen molar-refractivity contribution in [2.24, 2.45) is 0 Å². The number of hydrogen-bond acceptors (Lipinski definition) is 6. The van der Waals surface area contributed by atoms with E-state index in [2.05, 4.69) is 0 Å². The van der Waals surface area contributed by atoms with Crippen LogP contribution in [0.3, 0.4) is 0 Å². The maximum atomic E-state index is 13.3. The Kier molecular flexibility index (Phi) is 7.59. The fraction of sp³-hybridized carbons (Fsp3) is 0.241. The summed E-state index contributed by atoms with van der Waals surface area (Å²) in [5.74, 6) is -0.147. The van der Waals surface area contributed by atoms with E-state index in [1.165, 1.54) is 19.1 Å². The van der Waals surface area contributed by atoms with Crippen molar-refractivity contribution in [2.75, 3.05) is 20.8 Å². The first-order chi connectivity index (χ1) is 17.5. The maximum Gasteiger partial charge on any atom is 0.295 e. The van der Waals surface area contributed by atoms with Gasteiger partial charge in [-0.2, -0.15) is 0 Å². The topological polar surface area (TPSA) is 85.3 Å². The lowest BCUT2D eigenvalue weighted by Gasteiger charge is -2.26. The molecule has 186 valence electrons. The van der Waals surface area contributed by atoms with E-state index in [-0.39, 0.29) is 17.9 Å². The Hall–Kier alpha value is -4.26. The summed E-state index contributed by atoms with van der Waals surface area (Å²) in [7, 11) is 3.05. The highest BCUT2D eigenvalue weighted by Gasteiger charge is 2.46. The summed E-state index contributed by atoms with van der Waals surface area (Å²) in [6.07, 6.45) is 0.833. The van der Waals surface area contributed by atoms with Gasteiger partial charge in [0.2, 0.25) is 0 Å². The minimum atomic E-state index is -0.828. The molecule has 7 heteroatoms. The van der Waals surface area contributed by atoms with Crippen LogP contribution in [-0.4, -0.2) is 42.5 Å². The first-order valence-electron chi connectivity index (χ1n) is 11.8. The zero-order valence-corrected chi connectivity index (χ0v) is 20.6. The molecule has 3 aromatic carbocycles. The second-order valence-electron chi connectivity index (χ2n) is 8.40. The van der Waals surface area contributed by atoms with E-state index in [0.29, 0.717) is 35.0 Å². The Balaban J connectivity index is 1.86. The van der Waals surface area contributed by atoms with Crippen molar-refractivity contribution >= 4 is 17.4 Å². The van der Waals surface area contributed by atoms with Gasteiger partial charge in [0, 0.05) is 12.1 Å². The molecule has 1 unspecified atom stereocenters. The second kappa shape index (κ2) is 11.0. The average molecular weight is 488 g/mol. The zero-order valence-electron chi connectivity index (χ0n) is 20.6. The van der Waals surface area contributed by atoms with E-state index < -0.39 is 17.7 Å². The third kappa shape index (κ3) is 4.91. The molecule has 1 amide bonds. The first-order valence-corrected chi connectivity index (χ1v) is 11.8. The smallest absolute Gasteiger partial charge is 0.295 e. The van der Waals surface area contributed by atoms with Gasteiger partial charge in [0.05, 0.1) is 32.4 Å². The summed E-state index contributed by atoms with van der Waals surface area (Å²) in [6.45, 7) is 2.72. The zero-order chi connectivity index (χ0) is 25.7. The molecule has 1 heterocycles. The highest BCUT2D eigenvalue weighted by atomic mass is 16.5. The molecule has 0 saturated carbocycles. The number of Topliss-reactive ketones (excluding diaryl/α,β-unsaturated/α-hetero) is 1. The number of nitrogens with zero attached hydrogens (tertiary/aromatic N) is 1. The number of methoxy groups -OCH3 is 2. The molecule has 1 fully saturated rings. The number of rotatable bonds is 9. The van der Waals surface area contributed by atoms with Crippen LogP contribution in [0.2, 0.25) is 0 Å². The number of amides is 1. The van der Waals surface area contributed by atoms with E-state index >= 15 is 0 Å². The molecule has 0 radical (unpaired) electrons. The molecule has 1 atom stereocenters. The highest BCUT2D eigenvalue weighted by molar-refractivity contribution is 6.46. The lowest BCUT2D eigenvalue weighted by Crippen LogP contribution is -2.29. The van der Waals surface area contributed by atoms with Crippen molar-refractivity contribution in [3.63, 3.8) is 0 Å². The van der Waals surface area contributed by atoms with Crippen LogP contribution in [0.25, 0.3) is 5.76 Å². The number of aliphatic hydroxyl groups is 1. The van der Waals surface area contributed by atoms with Crippen molar-refractivity contribution in [1.82, 2.24) is 4.90 Å². The standard InChI is InChI=1S/C29H29NO6/c1-4-15-36-22-12-8-11-21(16-22)27(31)25-26(20-13-14-23(34-2)24(17-20)35-3)30(29(33)28(25)32)18-19-9-6-5-7-10-19/h5-14,16-17,26,31H,4,15,18H2,1-3H3. The van der Waals surface area contributed by atoms with Gasteiger partial charge in [-0.15, -0.1) is 0 Å². The van der Waals surface area contributed by atoms with Gasteiger partial charge in [0.25, 0.3) is 11.7 Å². The molecule has 1 aliphatic heterocycles. The molecule has 1 saturated heterocycles. The van der Waals surface area contributed by atoms with Crippen LogP contribution in [0.4, 0.5) is 0 Å². The van der Waals surface area contributed by atoms with Gasteiger partial charge < -0.3 is 24.2 Å². The number of aliphatic hydroxyl groups excluding tert-OH is 1. The summed E-state index contributed by atoms with van der Waals surface area (Å²) in [6, 6.07) is 20.7. The number of benzene rings is 3. The molecular formula is C29H29NO6. The lowest BCUT2D eigenvalue weighted by molar-refractivity contribution is -0.140. The third-order valence-corrected chi connectivity index (χ3v) is 6.04. The fourth-order valence-electron chi connectivity index (χ4n) is 4.30. The Morgan fingerprint density at radius 3 is 2.36 bits per heavy atom. The molecule has 7 nitrogen and oxygen atoms in total. The number of carbonyl (C=O) groups is 2. The molecule has 1 N–H and O–H groups in total. The lowest BCUT2D eigenvalue weighted by atomic mass is 9.94. The summed E-state index contributed by atoms with van der Waals surface area (Å²) >= 11 is 0. The van der Waals surface area contributed by atoms with Crippen LogP contribution in [0.5, 0.6) is 17.2 Å². The Labute approximate surface area is 210 Å².